The second-order valence-electron chi connectivity index (χ2n) is 18.8. The predicted molar refractivity (Wildman–Crippen MR) is 239 cm³/mol. The van der Waals surface area contributed by atoms with Gasteiger partial charge in [0.2, 0.25) is 0 Å². The van der Waals surface area contributed by atoms with Gasteiger partial charge in [-0.25, -0.2) is 0 Å². The van der Waals surface area contributed by atoms with Gasteiger partial charge >= 0.3 is 0 Å². The summed E-state index contributed by atoms with van der Waals surface area (Å²) in [5, 5.41) is 54.0. The number of aliphatic hydroxyl groups excluding tert-OH is 2. The van der Waals surface area contributed by atoms with Crippen LogP contribution in [0.2, 0.25) is 0 Å². The minimum atomic E-state index is -1.50. The molecule has 1 aromatic rings. The van der Waals surface area contributed by atoms with Gasteiger partial charge in [0, 0.05) is 61.0 Å². The molecule has 6 rings (SSSR count). The largest absolute Gasteiger partial charge is 0.396 e. The Morgan fingerprint density at radius 1 is 1.08 bits per heavy atom. The molecule has 2 saturated carbocycles. The molecular formula is C51H72N2O7. The molecule has 9 atom stereocenters. The molecule has 6 N–H and O–H groups in total. The van der Waals surface area contributed by atoms with Crippen molar-refractivity contribution in [2.45, 2.75) is 95.3 Å². The molecule has 1 spiro atoms. The zero-order valence-electron chi connectivity index (χ0n) is 36.8. The molecule has 9 heteroatoms. The van der Waals surface area contributed by atoms with E-state index in [-0.39, 0.29) is 43.8 Å². The summed E-state index contributed by atoms with van der Waals surface area (Å²) in [6.45, 7) is 13.1. The van der Waals surface area contributed by atoms with E-state index in [1.165, 1.54) is 16.7 Å². The zero-order valence-corrected chi connectivity index (χ0v) is 36.8. The summed E-state index contributed by atoms with van der Waals surface area (Å²) in [4.78, 5) is 12.6. The van der Waals surface area contributed by atoms with Crippen molar-refractivity contribution in [3.63, 3.8) is 0 Å². The summed E-state index contributed by atoms with van der Waals surface area (Å²) in [5.41, 5.74) is 2.75. The maximum Gasteiger partial charge on any atom is 0.145 e. The number of aldehydes is 1. The first-order valence-electron chi connectivity index (χ1n) is 22.3. The molecule has 4 aliphatic carbocycles. The number of benzene rings is 1. The predicted octanol–water partition coefficient (Wildman–Crippen LogP) is 6.30. The van der Waals surface area contributed by atoms with E-state index in [0.717, 1.165) is 55.2 Å². The van der Waals surface area contributed by atoms with Crippen LogP contribution in [0, 0.1) is 34.5 Å². The first kappa shape index (κ1) is 46.3. The highest BCUT2D eigenvalue weighted by molar-refractivity contribution is 5.75. The number of hydrogen-bond acceptors (Lipinski definition) is 9. The molecule has 0 unspecified atom stereocenters. The van der Waals surface area contributed by atoms with Crippen LogP contribution < -0.4 is 10.6 Å². The fraction of sp³-hybridized carbons (Fsp3) is 0.588. The van der Waals surface area contributed by atoms with Gasteiger partial charge in [0.1, 0.15) is 6.29 Å². The molecule has 0 radical (unpaired) electrons. The van der Waals surface area contributed by atoms with Crippen LogP contribution in [0.3, 0.4) is 0 Å². The van der Waals surface area contributed by atoms with E-state index in [1.807, 2.05) is 38.3 Å². The number of fused-ring (bicyclic) bond motifs is 3. The number of nitrogens with one attached hydrogen (secondary N) is 2. The van der Waals surface area contributed by atoms with Gasteiger partial charge < -0.3 is 40.5 Å². The van der Waals surface area contributed by atoms with Crippen LogP contribution in [-0.4, -0.2) is 104 Å². The summed E-state index contributed by atoms with van der Waals surface area (Å²) in [6, 6.07) is 8.92. The summed E-state index contributed by atoms with van der Waals surface area (Å²) in [5.74, 6) is -0.805. The van der Waals surface area contributed by atoms with Crippen LogP contribution in [0.5, 0.6) is 0 Å². The smallest absolute Gasteiger partial charge is 0.145 e. The Hall–Kier alpha value is -3.25. The van der Waals surface area contributed by atoms with E-state index >= 15 is 0 Å². The van der Waals surface area contributed by atoms with E-state index in [0.29, 0.717) is 50.8 Å². The van der Waals surface area contributed by atoms with Gasteiger partial charge in [-0.05, 0) is 120 Å². The Bertz CT molecular complexity index is 1900. The Kier molecular flexibility index (Phi) is 15.0. The van der Waals surface area contributed by atoms with Crippen molar-refractivity contribution in [1.29, 1.82) is 0 Å². The highest BCUT2D eigenvalue weighted by Gasteiger charge is 2.77. The number of allylic oxidation sites excluding steroid dienone is 10. The average molecular weight is 825 g/mol. The van der Waals surface area contributed by atoms with E-state index in [1.54, 1.807) is 7.11 Å². The van der Waals surface area contributed by atoms with Crippen molar-refractivity contribution in [3.8, 4) is 0 Å². The monoisotopic (exact) mass is 825 g/mol. The van der Waals surface area contributed by atoms with Crippen LogP contribution >= 0.6 is 0 Å². The first-order chi connectivity index (χ1) is 28.8. The lowest BCUT2D eigenvalue weighted by atomic mass is 9.37. The molecule has 0 saturated heterocycles. The fourth-order valence-electron chi connectivity index (χ4n) is 12.0. The minimum Gasteiger partial charge on any atom is -0.396 e. The van der Waals surface area contributed by atoms with Crippen LogP contribution in [0.25, 0.3) is 0 Å². The molecule has 2 fully saturated rings. The molecule has 1 aliphatic heterocycles. The maximum absolute atomic E-state index is 13.6. The van der Waals surface area contributed by atoms with Crippen molar-refractivity contribution < 1.29 is 34.7 Å². The van der Waals surface area contributed by atoms with Gasteiger partial charge in [0.25, 0.3) is 0 Å². The van der Waals surface area contributed by atoms with Crippen molar-refractivity contribution in [3.05, 3.63) is 118 Å². The fourth-order valence-corrected chi connectivity index (χ4v) is 12.0. The van der Waals surface area contributed by atoms with Crippen molar-refractivity contribution in [2.75, 3.05) is 60.3 Å². The number of carbonyl (C=O) groups is 1. The molecule has 9 nitrogen and oxygen atoms in total. The van der Waals surface area contributed by atoms with Gasteiger partial charge in [-0.3, -0.25) is 4.79 Å². The Morgan fingerprint density at radius 3 is 2.62 bits per heavy atom. The van der Waals surface area contributed by atoms with Crippen molar-refractivity contribution >= 4 is 6.29 Å². The van der Waals surface area contributed by atoms with Gasteiger partial charge in [0.15, 0.2) is 0 Å². The quantitative estimate of drug-likeness (QED) is 0.0352. The van der Waals surface area contributed by atoms with Crippen molar-refractivity contribution in [1.82, 2.24) is 10.6 Å². The number of methoxy groups -OCH3 is 1. The normalized spacial score (nSPS) is 36.9. The van der Waals surface area contributed by atoms with Crippen LogP contribution in [0.1, 0.15) is 76.8 Å². The Labute approximate surface area is 359 Å². The lowest BCUT2D eigenvalue weighted by molar-refractivity contribution is -0.233. The third kappa shape index (κ3) is 8.84. The van der Waals surface area contributed by atoms with Crippen LogP contribution in [0.4, 0.5) is 0 Å². The highest BCUT2D eigenvalue weighted by Crippen LogP contribution is 2.75. The Balaban J connectivity index is 1.37. The van der Waals surface area contributed by atoms with Gasteiger partial charge in [-0.15, -0.1) is 0 Å². The third-order valence-corrected chi connectivity index (χ3v) is 15.0. The SMILES string of the molecule is C=C(/C=C/C=C(/COCCO)[C@@H]1CC[C@@]23[C@H]4/C(=C(/C)C=O)[C@H](C=C[C@@]4(CCO)C=C[C@@]12O)C[C@]3(O)CCNC)[C@@H]1C/C=C(\C)CN[C@@](C)(CCOC)Cc2cccc(c2)C1. The van der Waals surface area contributed by atoms with E-state index in [2.05, 4.69) is 79.6 Å². The van der Waals surface area contributed by atoms with Gasteiger partial charge in [-0.1, -0.05) is 96.2 Å². The van der Waals surface area contributed by atoms with E-state index in [9.17, 15) is 25.2 Å². The first-order valence-corrected chi connectivity index (χ1v) is 22.3. The third-order valence-electron chi connectivity index (χ3n) is 15.0. The number of carbonyl (C=O) groups excluding carboxylic acids is 1. The summed E-state index contributed by atoms with van der Waals surface area (Å²) < 4.78 is 11.5. The molecule has 60 heavy (non-hydrogen) atoms. The number of rotatable bonds is 17. The standard InChI is InChI=1S/C51H72N2O7/c1-36-13-14-41(30-39-10-8-11-40(29-39)31-47(4,53-33-36)23-27-59-6)37(2)9-7-12-43(35-60-28-26-55)44-16-18-50-46-45(38(3)34-56)42(32-49(50,57)21-24-52-5)15-17-48(46,22-25-54)19-20-51(44,50)58/h7-13,15,17,19-20,29,34,41-42,44,46,52-55,57-58H,2,14,16,18,21-28,30-33,35H2,1,3-6H3/b9-7+,36-13+,43-12-,45-38-/t41-,42-,44+,46+,47+,48+,49-,50+,51-/m1/s1. The van der Waals surface area contributed by atoms with E-state index in [4.69, 9.17) is 9.47 Å². The average Bonchev–Trinajstić information content (AvgIpc) is 3.55. The lowest BCUT2D eigenvalue weighted by Gasteiger charge is -2.68. The number of ether oxygens (including phenoxy) is 2. The molecule has 5 aliphatic rings. The maximum atomic E-state index is 13.6. The Morgan fingerprint density at radius 2 is 1.88 bits per heavy atom. The summed E-state index contributed by atoms with van der Waals surface area (Å²) >= 11 is 0. The van der Waals surface area contributed by atoms with Gasteiger partial charge in [0.05, 0.1) is 31.0 Å². The molecule has 1 aromatic carbocycles. The number of hydrogen-bond donors (Lipinski definition) is 6. The minimum absolute atomic E-state index is 0.0715. The number of aliphatic hydroxyl groups is 4. The highest BCUT2D eigenvalue weighted by atomic mass is 16.5. The molecule has 0 aromatic heterocycles. The van der Waals surface area contributed by atoms with Crippen LogP contribution in [-0.2, 0) is 27.1 Å². The lowest BCUT2D eigenvalue weighted by Crippen LogP contribution is -2.72. The van der Waals surface area contributed by atoms with Crippen LogP contribution in [0.15, 0.2) is 107 Å². The molecular weight excluding hydrogens is 753 g/mol. The molecule has 4 bridgehead atoms. The summed E-state index contributed by atoms with van der Waals surface area (Å²) in [7, 11) is 3.63. The molecule has 328 valence electrons. The van der Waals surface area contributed by atoms with Gasteiger partial charge in [-0.2, -0.15) is 0 Å². The zero-order chi connectivity index (χ0) is 43.2. The second-order valence-corrected chi connectivity index (χ2v) is 18.8. The second kappa shape index (κ2) is 19.4. The van der Waals surface area contributed by atoms with E-state index < -0.39 is 33.9 Å². The molecule has 0 amide bonds. The molecule has 1 heterocycles. The summed E-state index contributed by atoms with van der Waals surface area (Å²) in [6.07, 6.45) is 23.5. The van der Waals surface area contributed by atoms with Crippen molar-refractivity contribution in [2.24, 2.45) is 34.5 Å². The topological polar surface area (TPSA) is 141 Å².